The molecule has 0 radical (unpaired) electrons. The fraction of sp³-hybridized carbons (Fsp3) is 0.565. The molecule has 1 aliphatic carbocycles. The SMILES string of the molecule is CC(C)c1oc(C2CCCN2C(=O)[C@@H]2CCC[C@@H]2CN)nc1-c1ccccc1.Cl.Cl. The van der Waals surface area contributed by atoms with Crippen LogP contribution in [0, 0.1) is 11.8 Å². The Morgan fingerprint density at radius 3 is 2.57 bits per heavy atom. The number of oxazole rings is 1. The highest BCUT2D eigenvalue weighted by Gasteiger charge is 2.41. The molecule has 1 amide bonds. The average Bonchev–Trinajstić information content (AvgIpc) is 3.46. The number of carbonyl (C=O) groups excluding carboxylic acids is 1. The number of benzene rings is 1. The van der Waals surface area contributed by atoms with Crippen molar-refractivity contribution in [2.45, 2.75) is 57.9 Å². The quantitative estimate of drug-likeness (QED) is 0.661. The molecule has 1 aromatic heterocycles. The predicted molar refractivity (Wildman–Crippen MR) is 124 cm³/mol. The van der Waals surface area contributed by atoms with Crippen molar-refractivity contribution < 1.29 is 9.21 Å². The van der Waals surface area contributed by atoms with Gasteiger partial charge in [-0.15, -0.1) is 24.8 Å². The van der Waals surface area contributed by atoms with Crippen molar-refractivity contribution in [3.8, 4) is 11.3 Å². The normalized spacial score (nSPS) is 23.3. The summed E-state index contributed by atoms with van der Waals surface area (Å²) in [5.74, 6) is 2.47. The lowest BCUT2D eigenvalue weighted by atomic mass is 9.94. The van der Waals surface area contributed by atoms with E-state index in [0.717, 1.165) is 55.7 Å². The van der Waals surface area contributed by atoms with Crippen LogP contribution in [0.5, 0.6) is 0 Å². The van der Waals surface area contributed by atoms with Gasteiger partial charge in [-0.2, -0.15) is 0 Å². The molecule has 1 aliphatic heterocycles. The lowest BCUT2D eigenvalue weighted by Gasteiger charge is -2.28. The minimum absolute atomic E-state index is 0. The summed E-state index contributed by atoms with van der Waals surface area (Å²) in [5.41, 5.74) is 7.90. The van der Waals surface area contributed by atoms with Crippen molar-refractivity contribution >= 4 is 30.7 Å². The van der Waals surface area contributed by atoms with Crippen LogP contribution in [0.4, 0.5) is 0 Å². The highest BCUT2D eigenvalue weighted by atomic mass is 35.5. The van der Waals surface area contributed by atoms with Crippen LogP contribution in [0.1, 0.15) is 69.6 Å². The maximum Gasteiger partial charge on any atom is 0.226 e. The van der Waals surface area contributed by atoms with Crippen LogP contribution in [-0.2, 0) is 4.79 Å². The number of halogens is 2. The first kappa shape index (κ1) is 24.7. The van der Waals surface area contributed by atoms with Crippen LogP contribution in [0.3, 0.4) is 0 Å². The molecule has 2 aliphatic rings. The first-order chi connectivity index (χ1) is 13.6. The van der Waals surface area contributed by atoms with E-state index in [1.807, 2.05) is 23.1 Å². The summed E-state index contributed by atoms with van der Waals surface area (Å²) in [6, 6.07) is 10.1. The molecule has 0 spiro atoms. The summed E-state index contributed by atoms with van der Waals surface area (Å²) >= 11 is 0. The first-order valence-corrected chi connectivity index (χ1v) is 10.7. The Labute approximate surface area is 191 Å². The van der Waals surface area contributed by atoms with E-state index in [2.05, 4.69) is 26.0 Å². The van der Waals surface area contributed by atoms with E-state index in [0.29, 0.717) is 18.4 Å². The molecule has 3 atom stereocenters. The van der Waals surface area contributed by atoms with Gasteiger partial charge in [0.2, 0.25) is 11.8 Å². The minimum atomic E-state index is -0.0542. The Balaban J connectivity index is 0.00000160. The molecule has 5 nitrogen and oxygen atoms in total. The van der Waals surface area contributed by atoms with E-state index < -0.39 is 0 Å². The van der Waals surface area contributed by atoms with Gasteiger partial charge in [0, 0.05) is 23.9 Å². The Morgan fingerprint density at radius 1 is 1.17 bits per heavy atom. The second kappa shape index (κ2) is 10.7. The number of likely N-dealkylation sites (tertiary alicyclic amines) is 1. The summed E-state index contributed by atoms with van der Waals surface area (Å²) in [4.78, 5) is 20.2. The highest BCUT2D eigenvalue weighted by molar-refractivity contribution is 5.85. The van der Waals surface area contributed by atoms with Gasteiger partial charge < -0.3 is 15.1 Å². The third-order valence-corrected chi connectivity index (χ3v) is 6.34. The largest absolute Gasteiger partial charge is 0.442 e. The molecule has 1 unspecified atom stereocenters. The van der Waals surface area contributed by atoms with Crippen LogP contribution in [0.25, 0.3) is 11.3 Å². The van der Waals surface area contributed by atoms with E-state index in [1.165, 1.54) is 0 Å². The Morgan fingerprint density at radius 2 is 1.90 bits per heavy atom. The lowest BCUT2D eigenvalue weighted by Crippen LogP contribution is -2.38. The second-order valence-corrected chi connectivity index (χ2v) is 8.51. The summed E-state index contributed by atoms with van der Waals surface area (Å²) in [6.07, 6.45) is 5.04. The van der Waals surface area contributed by atoms with Gasteiger partial charge in [0.1, 0.15) is 17.5 Å². The number of nitrogens with two attached hydrogens (primary N) is 1. The molecular weight excluding hydrogens is 421 g/mol. The zero-order valence-electron chi connectivity index (χ0n) is 17.8. The molecule has 1 aromatic carbocycles. The van der Waals surface area contributed by atoms with Gasteiger partial charge in [0.05, 0.1) is 0 Å². The van der Waals surface area contributed by atoms with Crippen molar-refractivity contribution in [3.63, 3.8) is 0 Å². The number of aromatic nitrogens is 1. The summed E-state index contributed by atoms with van der Waals surface area (Å²) in [7, 11) is 0. The molecule has 0 bridgehead atoms. The summed E-state index contributed by atoms with van der Waals surface area (Å²) < 4.78 is 6.28. The van der Waals surface area contributed by atoms with Gasteiger partial charge in [0.25, 0.3) is 0 Å². The van der Waals surface area contributed by atoms with E-state index in [1.54, 1.807) is 0 Å². The molecule has 166 valence electrons. The number of hydrogen-bond donors (Lipinski definition) is 1. The van der Waals surface area contributed by atoms with Gasteiger partial charge in [-0.05, 0) is 38.1 Å². The van der Waals surface area contributed by atoms with E-state index >= 15 is 0 Å². The number of rotatable bonds is 5. The zero-order valence-corrected chi connectivity index (χ0v) is 19.4. The van der Waals surface area contributed by atoms with E-state index in [9.17, 15) is 4.79 Å². The molecule has 1 saturated heterocycles. The van der Waals surface area contributed by atoms with Crippen molar-refractivity contribution in [1.29, 1.82) is 0 Å². The predicted octanol–water partition coefficient (Wildman–Crippen LogP) is 5.35. The fourth-order valence-electron chi connectivity index (χ4n) is 4.83. The van der Waals surface area contributed by atoms with Crippen LogP contribution in [0.2, 0.25) is 0 Å². The third-order valence-electron chi connectivity index (χ3n) is 6.34. The maximum absolute atomic E-state index is 13.3. The van der Waals surface area contributed by atoms with E-state index in [4.69, 9.17) is 15.1 Å². The highest BCUT2D eigenvalue weighted by Crippen LogP contribution is 2.40. The minimum Gasteiger partial charge on any atom is -0.442 e. The lowest BCUT2D eigenvalue weighted by molar-refractivity contribution is -0.138. The van der Waals surface area contributed by atoms with Gasteiger partial charge >= 0.3 is 0 Å². The monoisotopic (exact) mass is 453 g/mol. The van der Waals surface area contributed by atoms with Gasteiger partial charge in [-0.1, -0.05) is 50.6 Å². The molecule has 2 fully saturated rings. The Bertz CT molecular complexity index is 825. The Hall–Kier alpha value is -1.56. The van der Waals surface area contributed by atoms with Crippen molar-refractivity contribution in [1.82, 2.24) is 9.88 Å². The number of hydrogen-bond acceptors (Lipinski definition) is 4. The molecule has 4 rings (SSSR count). The van der Waals surface area contributed by atoms with Crippen molar-refractivity contribution in [3.05, 3.63) is 42.0 Å². The van der Waals surface area contributed by atoms with Crippen molar-refractivity contribution in [2.75, 3.05) is 13.1 Å². The first-order valence-electron chi connectivity index (χ1n) is 10.7. The molecule has 2 aromatic rings. The molecule has 2 heterocycles. The van der Waals surface area contributed by atoms with Crippen LogP contribution < -0.4 is 5.73 Å². The van der Waals surface area contributed by atoms with Gasteiger partial charge in [-0.3, -0.25) is 4.79 Å². The average molecular weight is 454 g/mol. The smallest absolute Gasteiger partial charge is 0.226 e. The van der Waals surface area contributed by atoms with Gasteiger partial charge in [0.15, 0.2) is 0 Å². The maximum atomic E-state index is 13.3. The van der Waals surface area contributed by atoms with E-state index in [-0.39, 0.29) is 48.6 Å². The van der Waals surface area contributed by atoms with Crippen LogP contribution in [-0.4, -0.2) is 28.9 Å². The zero-order chi connectivity index (χ0) is 19.7. The van der Waals surface area contributed by atoms with Crippen molar-refractivity contribution in [2.24, 2.45) is 17.6 Å². The van der Waals surface area contributed by atoms with Gasteiger partial charge in [-0.25, -0.2) is 4.98 Å². The number of amides is 1. The standard InChI is InChI=1S/C23H31N3O2.2ClH/c1-15(2)21-20(16-8-4-3-5-9-16)25-22(28-21)19-12-7-13-26(19)23(27)18-11-6-10-17(18)14-24;;/h3-5,8-9,15,17-19H,6-7,10-14,24H2,1-2H3;2*1H/t17-,18-,19?;;/m1../s1. The second-order valence-electron chi connectivity index (χ2n) is 8.51. The number of carbonyl (C=O) groups is 1. The molecule has 7 heteroatoms. The molecule has 1 saturated carbocycles. The Kier molecular flexibility index (Phi) is 8.77. The molecule has 30 heavy (non-hydrogen) atoms. The fourth-order valence-corrected chi connectivity index (χ4v) is 4.83. The third kappa shape index (κ3) is 4.68. The molecular formula is C23H33Cl2N3O2. The number of nitrogens with zero attached hydrogens (tertiary/aromatic N) is 2. The summed E-state index contributed by atoms with van der Waals surface area (Å²) in [5, 5.41) is 0. The van der Waals surface area contributed by atoms with Crippen LogP contribution in [0.15, 0.2) is 34.7 Å². The molecule has 2 N–H and O–H groups in total. The summed E-state index contributed by atoms with van der Waals surface area (Å²) in [6.45, 7) is 5.64. The van der Waals surface area contributed by atoms with Crippen LogP contribution >= 0.6 is 24.8 Å². The topological polar surface area (TPSA) is 72.4 Å².